The summed E-state index contributed by atoms with van der Waals surface area (Å²) in [7, 11) is 0. The summed E-state index contributed by atoms with van der Waals surface area (Å²) in [4.78, 5) is 0. The Morgan fingerprint density at radius 3 is 3.11 bits per heavy atom. The van der Waals surface area contributed by atoms with Gasteiger partial charge in [0.15, 0.2) is 0 Å². The van der Waals surface area contributed by atoms with Crippen LogP contribution in [-0.4, -0.2) is 30.8 Å². The third-order valence-corrected chi connectivity index (χ3v) is 4.29. The molecule has 1 fully saturated rings. The van der Waals surface area contributed by atoms with Gasteiger partial charge in [-0.1, -0.05) is 18.5 Å². The van der Waals surface area contributed by atoms with E-state index in [1.54, 1.807) is 6.07 Å². The smallest absolute Gasteiger partial charge is 0.123 e. The second kappa shape index (κ2) is 6.75. The SMILES string of the molecule is CCNC(c1cc(F)ccc1Cl)C1CSCCO1. The number of thioether (sulfide) groups is 1. The summed E-state index contributed by atoms with van der Waals surface area (Å²) in [6, 6.07) is 4.43. The van der Waals surface area contributed by atoms with Crippen LogP contribution in [0.3, 0.4) is 0 Å². The van der Waals surface area contributed by atoms with Crippen LogP contribution < -0.4 is 5.32 Å². The summed E-state index contributed by atoms with van der Waals surface area (Å²) < 4.78 is 19.2. The zero-order valence-electron chi connectivity index (χ0n) is 10.3. The number of likely N-dealkylation sites (N-methyl/N-ethyl adjacent to an activating group) is 1. The summed E-state index contributed by atoms with van der Waals surface area (Å²) in [5, 5.41) is 3.93. The molecule has 1 N–H and O–H groups in total. The maximum atomic E-state index is 13.4. The van der Waals surface area contributed by atoms with Gasteiger partial charge in [0.25, 0.3) is 0 Å². The molecule has 0 spiro atoms. The minimum Gasteiger partial charge on any atom is -0.375 e. The molecule has 2 atom stereocenters. The van der Waals surface area contributed by atoms with E-state index in [4.69, 9.17) is 16.3 Å². The Labute approximate surface area is 116 Å². The highest BCUT2D eigenvalue weighted by Crippen LogP contribution is 2.30. The van der Waals surface area contributed by atoms with Crippen molar-refractivity contribution in [3.63, 3.8) is 0 Å². The third-order valence-electron chi connectivity index (χ3n) is 2.93. The van der Waals surface area contributed by atoms with Crippen LogP contribution in [0.25, 0.3) is 0 Å². The number of halogens is 2. The standard InChI is InChI=1S/C13H17ClFNOS/c1-2-16-13(12-8-18-6-5-17-12)10-7-9(15)3-4-11(10)14/h3-4,7,12-13,16H,2,5-6,8H2,1H3. The summed E-state index contributed by atoms with van der Waals surface area (Å²) in [6.07, 6.45) is 0.0444. The normalized spacial score (nSPS) is 21.8. The van der Waals surface area contributed by atoms with Crippen molar-refractivity contribution in [1.82, 2.24) is 5.32 Å². The maximum Gasteiger partial charge on any atom is 0.123 e. The first-order valence-electron chi connectivity index (χ1n) is 6.10. The van der Waals surface area contributed by atoms with Crippen LogP contribution in [0, 0.1) is 5.82 Å². The van der Waals surface area contributed by atoms with Gasteiger partial charge in [0.1, 0.15) is 5.82 Å². The van der Waals surface area contributed by atoms with Gasteiger partial charge < -0.3 is 10.1 Å². The van der Waals surface area contributed by atoms with Crippen molar-refractivity contribution in [2.75, 3.05) is 24.7 Å². The number of hydrogen-bond acceptors (Lipinski definition) is 3. The molecule has 100 valence electrons. The predicted molar refractivity (Wildman–Crippen MR) is 74.9 cm³/mol. The molecule has 0 amide bonds. The van der Waals surface area contributed by atoms with Crippen molar-refractivity contribution in [2.45, 2.75) is 19.1 Å². The lowest BCUT2D eigenvalue weighted by atomic mass is 10.0. The van der Waals surface area contributed by atoms with Gasteiger partial charge >= 0.3 is 0 Å². The molecule has 1 aliphatic heterocycles. The van der Waals surface area contributed by atoms with Crippen LogP contribution in [0.15, 0.2) is 18.2 Å². The largest absolute Gasteiger partial charge is 0.375 e. The van der Waals surface area contributed by atoms with Crippen molar-refractivity contribution in [2.24, 2.45) is 0 Å². The second-order valence-corrected chi connectivity index (χ2v) is 5.74. The van der Waals surface area contributed by atoms with Gasteiger partial charge in [-0.2, -0.15) is 11.8 Å². The fraction of sp³-hybridized carbons (Fsp3) is 0.538. The molecule has 5 heteroatoms. The number of benzene rings is 1. The monoisotopic (exact) mass is 289 g/mol. The van der Waals surface area contributed by atoms with Crippen molar-refractivity contribution >= 4 is 23.4 Å². The average molecular weight is 290 g/mol. The fourth-order valence-corrected chi connectivity index (χ4v) is 3.25. The van der Waals surface area contributed by atoms with Crippen molar-refractivity contribution in [3.8, 4) is 0 Å². The minimum absolute atomic E-state index is 0.0444. The first kappa shape index (κ1) is 14.1. The van der Waals surface area contributed by atoms with Crippen molar-refractivity contribution in [1.29, 1.82) is 0 Å². The molecule has 2 rings (SSSR count). The number of ether oxygens (including phenoxy) is 1. The van der Waals surface area contributed by atoms with E-state index in [2.05, 4.69) is 5.32 Å². The number of rotatable bonds is 4. The van der Waals surface area contributed by atoms with Gasteiger partial charge in [-0.15, -0.1) is 0 Å². The highest BCUT2D eigenvalue weighted by atomic mass is 35.5. The molecule has 1 aromatic rings. The second-order valence-electron chi connectivity index (χ2n) is 4.19. The maximum absolute atomic E-state index is 13.4. The van der Waals surface area contributed by atoms with Gasteiger partial charge in [0, 0.05) is 16.5 Å². The van der Waals surface area contributed by atoms with Gasteiger partial charge in [-0.3, -0.25) is 0 Å². The van der Waals surface area contributed by atoms with E-state index in [1.807, 2.05) is 18.7 Å². The van der Waals surface area contributed by atoms with Gasteiger partial charge in [0.2, 0.25) is 0 Å². The minimum atomic E-state index is -0.263. The quantitative estimate of drug-likeness (QED) is 0.919. The molecule has 0 bridgehead atoms. The Balaban J connectivity index is 2.24. The van der Waals surface area contributed by atoms with E-state index in [1.165, 1.54) is 12.1 Å². The fourth-order valence-electron chi connectivity index (χ4n) is 2.11. The van der Waals surface area contributed by atoms with Crippen LogP contribution >= 0.6 is 23.4 Å². The zero-order chi connectivity index (χ0) is 13.0. The summed E-state index contributed by atoms with van der Waals surface area (Å²) in [6.45, 7) is 3.56. The molecular formula is C13H17ClFNOS. The third kappa shape index (κ3) is 3.38. The van der Waals surface area contributed by atoms with E-state index in [-0.39, 0.29) is 18.0 Å². The van der Waals surface area contributed by atoms with Crippen molar-refractivity contribution < 1.29 is 9.13 Å². The van der Waals surface area contributed by atoms with E-state index in [0.29, 0.717) is 5.02 Å². The Kier molecular flexibility index (Phi) is 5.30. The Morgan fingerprint density at radius 2 is 2.44 bits per heavy atom. The molecule has 0 saturated carbocycles. The molecular weight excluding hydrogens is 273 g/mol. The van der Waals surface area contributed by atoms with Gasteiger partial charge in [0.05, 0.1) is 18.8 Å². The topological polar surface area (TPSA) is 21.3 Å². The Morgan fingerprint density at radius 1 is 1.61 bits per heavy atom. The van der Waals surface area contributed by atoms with Crippen LogP contribution in [0.5, 0.6) is 0 Å². The summed E-state index contributed by atoms with van der Waals surface area (Å²) >= 11 is 8.04. The van der Waals surface area contributed by atoms with Crippen LogP contribution in [-0.2, 0) is 4.74 Å². The molecule has 1 heterocycles. The number of nitrogens with one attached hydrogen (secondary N) is 1. The molecule has 2 unspecified atom stereocenters. The lowest BCUT2D eigenvalue weighted by Crippen LogP contribution is -2.38. The lowest BCUT2D eigenvalue weighted by Gasteiger charge is -2.31. The molecule has 1 aliphatic rings. The predicted octanol–water partition coefficient (Wildman–Crippen LogP) is 3.26. The van der Waals surface area contributed by atoms with E-state index >= 15 is 0 Å². The van der Waals surface area contributed by atoms with Crippen LogP contribution in [0.4, 0.5) is 4.39 Å². The van der Waals surface area contributed by atoms with Gasteiger partial charge in [-0.25, -0.2) is 4.39 Å². The van der Waals surface area contributed by atoms with Crippen molar-refractivity contribution in [3.05, 3.63) is 34.6 Å². The molecule has 0 aliphatic carbocycles. The Bertz CT molecular complexity index is 399. The highest BCUT2D eigenvalue weighted by Gasteiger charge is 2.27. The molecule has 1 aromatic carbocycles. The first-order valence-corrected chi connectivity index (χ1v) is 7.63. The summed E-state index contributed by atoms with van der Waals surface area (Å²) in [5.74, 6) is 1.66. The molecule has 2 nitrogen and oxygen atoms in total. The van der Waals surface area contributed by atoms with E-state index < -0.39 is 0 Å². The van der Waals surface area contributed by atoms with Gasteiger partial charge in [-0.05, 0) is 30.3 Å². The molecule has 0 aromatic heterocycles. The Hall–Kier alpha value is -0.290. The highest BCUT2D eigenvalue weighted by molar-refractivity contribution is 7.99. The molecule has 0 radical (unpaired) electrons. The van der Waals surface area contributed by atoms with Crippen LogP contribution in [0.2, 0.25) is 5.02 Å². The van der Waals surface area contributed by atoms with Crippen LogP contribution in [0.1, 0.15) is 18.5 Å². The van der Waals surface area contributed by atoms with E-state index in [0.717, 1.165) is 30.2 Å². The average Bonchev–Trinajstić information content (AvgIpc) is 2.40. The first-order chi connectivity index (χ1) is 8.72. The molecule has 18 heavy (non-hydrogen) atoms. The molecule has 1 saturated heterocycles. The van der Waals surface area contributed by atoms with E-state index in [9.17, 15) is 4.39 Å². The lowest BCUT2D eigenvalue weighted by molar-refractivity contribution is 0.0472. The number of hydrogen-bond donors (Lipinski definition) is 1. The zero-order valence-corrected chi connectivity index (χ0v) is 11.9. The summed E-state index contributed by atoms with van der Waals surface area (Å²) in [5.41, 5.74) is 0.783.